The molecule has 11 rings (SSSR count). The lowest BCUT2D eigenvalue weighted by Crippen LogP contribution is -2.41. The molecule has 5 aliphatic rings. The maximum atomic E-state index is 9.96. The minimum Gasteiger partial charge on any atom is -0.405 e. The van der Waals surface area contributed by atoms with E-state index in [1.807, 2.05) is 55.4 Å². The highest BCUT2D eigenvalue weighted by atomic mass is 79.9. The van der Waals surface area contributed by atoms with Gasteiger partial charge in [0.15, 0.2) is 0 Å². The van der Waals surface area contributed by atoms with Crippen LogP contribution in [0.5, 0.6) is 0 Å². The Hall–Kier alpha value is -4.32. The summed E-state index contributed by atoms with van der Waals surface area (Å²) in [6.45, 7) is 33.9. The van der Waals surface area contributed by atoms with Crippen LogP contribution >= 0.6 is 15.9 Å². The molecule has 0 N–H and O–H groups in total. The predicted octanol–water partition coefficient (Wildman–Crippen LogP) is 15.2. The molecule has 0 atom stereocenters. The molecule has 0 saturated carbocycles. The number of halogens is 2. The molecule has 3 aliphatic heterocycles. The van der Waals surface area contributed by atoms with E-state index in [2.05, 4.69) is 205 Å². The van der Waals surface area contributed by atoms with Gasteiger partial charge in [0.2, 0.25) is 0 Å². The van der Waals surface area contributed by atoms with E-state index in [4.69, 9.17) is 29.3 Å². The van der Waals surface area contributed by atoms with Crippen LogP contribution in [0.3, 0.4) is 0 Å². The summed E-state index contributed by atoms with van der Waals surface area (Å²) in [4.78, 5) is 0. The summed E-state index contributed by atoms with van der Waals surface area (Å²) in [5, 5.41) is 0. The van der Waals surface area contributed by atoms with Crippen LogP contribution in [0.25, 0.3) is 44.5 Å². The molecule has 0 spiro atoms. The monoisotopic (exact) mass is 1030 g/mol. The van der Waals surface area contributed by atoms with E-state index < -0.39 is 21.2 Å². The lowest BCUT2D eigenvalue weighted by molar-refractivity contribution is 0.00578. The quantitative estimate of drug-likeness (QED) is 0.164. The first kappa shape index (κ1) is 52.5. The molecule has 2 aliphatic carbocycles. The van der Waals surface area contributed by atoms with E-state index >= 15 is 0 Å². The number of rotatable bonds is 4. The van der Waals surface area contributed by atoms with Gasteiger partial charge in [0, 0.05) is 15.3 Å². The van der Waals surface area contributed by atoms with Crippen molar-refractivity contribution in [2.45, 2.75) is 155 Å². The second kappa shape index (κ2) is 19.1. The molecule has 11 heteroatoms. The lowest BCUT2D eigenvalue weighted by Gasteiger charge is -2.32. The fourth-order valence-corrected chi connectivity index (χ4v) is 10.7. The van der Waals surface area contributed by atoms with Crippen molar-refractivity contribution in [3.05, 3.63) is 160 Å². The molecular formula is C61H73B3BrFO6. The van der Waals surface area contributed by atoms with Gasteiger partial charge in [0.1, 0.15) is 0 Å². The lowest BCUT2D eigenvalue weighted by atomic mass is 9.49. The molecule has 3 saturated heterocycles. The van der Waals surface area contributed by atoms with E-state index in [-0.39, 0.29) is 51.6 Å². The van der Waals surface area contributed by atoms with Gasteiger partial charge in [-0.1, -0.05) is 153 Å². The highest BCUT2D eigenvalue weighted by Gasteiger charge is 2.64. The van der Waals surface area contributed by atoms with E-state index in [1.54, 1.807) is 0 Å². The highest BCUT2D eigenvalue weighted by Crippen LogP contribution is 2.51. The normalized spacial score (nSPS) is 21.1. The highest BCUT2D eigenvalue weighted by molar-refractivity contribution is 9.10. The number of alkyl halides is 1. The summed E-state index contributed by atoms with van der Waals surface area (Å²) in [7, 11) is -2.29. The summed E-state index contributed by atoms with van der Waals surface area (Å²) in [5.41, 5.74) is 15.1. The van der Waals surface area contributed by atoms with Crippen LogP contribution in [0.2, 0.25) is 0 Å². The zero-order valence-corrected chi connectivity index (χ0v) is 46.9. The molecule has 0 amide bonds. The molecule has 3 fully saturated rings. The molecule has 376 valence electrons. The van der Waals surface area contributed by atoms with Crippen molar-refractivity contribution in [1.82, 2.24) is 0 Å². The van der Waals surface area contributed by atoms with E-state index in [1.165, 1.54) is 66.8 Å². The standard InChI is InChI=1S/C27H29BO2.C21H17Br.C12H24B2O4.CH3F/c1-25(2)23-13-8-7-12-21(23)22-15-14-19(17-24(22)25)18-10-9-11-20(16-18)28-29-26(3,4)27(5,6)30-28;1-21(2)19-9-4-3-8-17(19)18-11-10-15(13-20(18)21)14-6-5-7-16(22)12-14;1-9(2)10(3,4)16-13(15-9)14-17-11(5,6)12(7,8)18-14;1-2/h7-17H,1-6H3;3-13H,1-2H3;1-8H3;1H3/i;;;1D. The first-order valence-corrected chi connectivity index (χ1v) is 26.0. The number of hydrogen-bond acceptors (Lipinski definition) is 6. The maximum Gasteiger partial charge on any atom is 0.494 e. The van der Waals surface area contributed by atoms with Gasteiger partial charge in [-0.05, 0) is 180 Å². The topological polar surface area (TPSA) is 55.4 Å². The molecule has 6 nitrogen and oxygen atoms in total. The van der Waals surface area contributed by atoms with Gasteiger partial charge in [0.25, 0.3) is 0 Å². The summed E-state index contributed by atoms with van der Waals surface area (Å²) >= 11 is 3.57. The van der Waals surface area contributed by atoms with E-state index in [0.29, 0.717) is 0 Å². The zero-order valence-electron chi connectivity index (χ0n) is 46.3. The van der Waals surface area contributed by atoms with Crippen LogP contribution in [0.15, 0.2) is 138 Å². The second-order valence-corrected chi connectivity index (χ2v) is 24.8. The molecule has 6 aromatic rings. The fourth-order valence-electron chi connectivity index (χ4n) is 10.3. The van der Waals surface area contributed by atoms with Gasteiger partial charge in [-0.15, -0.1) is 0 Å². The fraction of sp³-hybridized carbons (Fsp3) is 0.410. The van der Waals surface area contributed by atoms with Crippen LogP contribution in [-0.4, -0.2) is 61.9 Å². The number of hydrogen-bond donors (Lipinski definition) is 0. The Labute approximate surface area is 441 Å². The van der Waals surface area contributed by atoms with Gasteiger partial charge >= 0.3 is 21.1 Å². The molecule has 0 aromatic heterocycles. The number of fused-ring (bicyclic) bond motifs is 6. The Bertz CT molecular complexity index is 2920. The van der Waals surface area contributed by atoms with Gasteiger partial charge < -0.3 is 27.9 Å². The third-order valence-corrected chi connectivity index (χ3v) is 17.3. The molecular weight excluding hydrogens is 960 g/mol. The molecule has 3 heterocycles. The van der Waals surface area contributed by atoms with Crippen LogP contribution in [0.1, 0.15) is 134 Å². The van der Waals surface area contributed by atoms with Crippen LogP contribution in [0.4, 0.5) is 4.39 Å². The average molecular weight is 1030 g/mol. The smallest absolute Gasteiger partial charge is 0.405 e. The van der Waals surface area contributed by atoms with Crippen LogP contribution < -0.4 is 5.46 Å². The summed E-state index contributed by atoms with van der Waals surface area (Å²) in [5.74, 6) is 0. The second-order valence-electron chi connectivity index (χ2n) is 23.8. The van der Waals surface area contributed by atoms with Crippen molar-refractivity contribution in [2.75, 3.05) is 7.15 Å². The largest absolute Gasteiger partial charge is 0.494 e. The van der Waals surface area contributed by atoms with E-state index in [0.717, 1.165) is 9.94 Å². The third-order valence-electron chi connectivity index (χ3n) is 16.8. The zero-order chi connectivity index (χ0) is 53.3. The maximum absolute atomic E-state index is 9.96. The Kier molecular flexibility index (Phi) is 13.9. The van der Waals surface area contributed by atoms with Crippen LogP contribution in [-0.2, 0) is 38.8 Å². The molecule has 0 radical (unpaired) electrons. The van der Waals surface area contributed by atoms with Gasteiger partial charge in [-0.2, -0.15) is 0 Å². The Morgan fingerprint density at radius 3 is 1.11 bits per heavy atom. The third kappa shape index (κ3) is 9.66. The predicted molar refractivity (Wildman–Crippen MR) is 301 cm³/mol. The van der Waals surface area contributed by atoms with Crippen molar-refractivity contribution < 1.29 is 33.7 Å². The SMILES string of the molecule is CC1(C)OB(B2OC(C)(C)C(C)(C)O2)OC1(C)C.CC1(C)c2ccccc2-c2ccc(-c3cccc(B4OC(C)(C)C(C)(C)O4)c3)cc21.CC1(C)c2ccccc2-c2ccc(-c3cccc(Br)c3)cc21.[2H]CF. The average Bonchev–Trinajstić information content (AvgIpc) is 3.96. The Balaban J connectivity index is 0.000000147. The van der Waals surface area contributed by atoms with E-state index in [9.17, 15) is 4.39 Å². The Morgan fingerprint density at radius 1 is 0.375 bits per heavy atom. The molecule has 6 aromatic carbocycles. The number of benzene rings is 6. The summed E-state index contributed by atoms with van der Waals surface area (Å²) in [6, 6.07) is 48.4. The first-order chi connectivity index (χ1) is 34.0. The molecule has 0 bridgehead atoms. The molecule has 72 heavy (non-hydrogen) atoms. The summed E-state index contributed by atoms with van der Waals surface area (Å²) < 4.78 is 53.0. The van der Waals surface area contributed by atoms with Gasteiger partial charge in [-0.25, -0.2) is 0 Å². The first-order valence-electron chi connectivity index (χ1n) is 25.9. The minimum atomic E-state index is -1.00. The van der Waals surface area contributed by atoms with Gasteiger partial charge in [0.05, 0.1) is 42.1 Å². The van der Waals surface area contributed by atoms with Crippen molar-refractivity contribution in [1.29, 1.82) is 0 Å². The summed E-state index contributed by atoms with van der Waals surface area (Å²) in [6.07, 6.45) is 0. The Morgan fingerprint density at radius 2 is 0.708 bits per heavy atom. The van der Waals surface area contributed by atoms with Gasteiger partial charge in [-0.3, -0.25) is 4.39 Å². The van der Waals surface area contributed by atoms with Crippen molar-refractivity contribution in [2.24, 2.45) is 0 Å². The molecule has 0 unspecified atom stereocenters. The van der Waals surface area contributed by atoms with Crippen molar-refractivity contribution in [3.8, 4) is 44.5 Å². The van der Waals surface area contributed by atoms with Crippen molar-refractivity contribution in [3.63, 3.8) is 0 Å². The van der Waals surface area contributed by atoms with Crippen molar-refractivity contribution >= 4 is 42.5 Å². The minimum absolute atomic E-state index is 0.00523. The van der Waals surface area contributed by atoms with Crippen LogP contribution in [0, 0.1) is 0 Å².